The first kappa shape index (κ1) is 18.1. The van der Waals surface area contributed by atoms with Gasteiger partial charge in [-0.15, -0.1) is 0 Å². The Hall–Kier alpha value is -2.24. The fraction of sp³-hybridized carbons (Fsp3) is 0.167. The number of nitrogens with one attached hydrogen (secondary N) is 1. The largest absolute Gasteiger partial charge is 0.433 e. The maximum Gasteiger partial charge on any atom is 0.433 e. The van der Waals surface area contributed by atoms with Crippen molar-refractivity contribution in [1.82, 2.24) is 9.55 Å². The topological polar surface area (TPSA) is 46.9 Å². The van der Waals surface area contributed by atoms with Gasteiger partial charge >= 0.3 is 12.4 Å². The van der Waals surface area contributed by atoms with Crippen LogP contribution in [0, 0.1) is 5.82 Å². The average Bonchev–Trinajstić information content (AvgIpc) is 2.45. The van der Waals surface area contributed by atoms with Crippen LogP contribution in [-0.4, -0.2) is 9.55 Å². The molecule has 0 saturated heterocycles. The number of hydrogen-bond acceptors (Lipinski definition) is 4. The molecule has 0 bridgehead atoms. The zero-order chi connectivity index (χ0) is 18.3. The molecular formula is C12H6F7N3OS. The lowest BCUT2D eigenvalue weighted by Crippen LogP contribution is -2.23. The van der Waals surface area contributed by atoms with E-state index in [1.54, 1.807) is 0 Å². The third-order valence-electron chi connectivity index (χ3n) is 2.85. The molecule has 0 spiro atoms. The SMILES string of the molecule is O=c1cc(C(F)(F)F)ncn1-c1c(F)cc(C(F)(F)F)cc1NS. The predicted molar refractivity (Wildman–Crippen MR) is 72.4 cm³/mol. The van der Waals surface area contributed by atoms with Gasteiger partial charge in [-0.1, -0.05) is 12.8 Å². The number of rotatable bonds is 2. The van der Waals surface area contributed by atoms with Crippen molar-refractivity contribution < 1.29 is 30.7 Å². The highest BCUT2D eigenvalue weighted by atomic mass is 32.1. The molecule has 0 aliphatic heterocycles. The van der Waals surface area contributed by atoms with Crippen LogP contribution in [0.5, 0.6) is 0 Å². The average molecular weight is 373 g/mol. The van der Waals surface area contributed by atoms with Crippen LogP contribution < -0.4 is 10.3 Å². The Kier molecular flexibility index (Phi) is 4.52. The Balaban J connectivity index is 2.67. The fourth-order valence-corrected chi connectivity index (χ4v) is 1.99. The summed E-state index contributed by atoms with van der Waals surface area (Å²) >= 11 is 3.52. The minimum Gasteiger partial charge on any atom is -0.330 e. The normalized spacial score (nSPS) is 12.3. The molecule has 1 aromatic heterocycles. The summed E-state index contributed by atoms with van der Waals surface area (Å²) in [5.74, 6) is -1.50. The summed E-state index contributed by atoms with van der Waals surface area (Å²) in [6.45, 7) is 0. The van der Waals surface area contributed by atoms with Gasteiger partial charge in [0.2, 0.25) is 0 Å². The van der Waals surface area contributed by atoms with Gasteiger partial charge in [-0.05, 0) is 12.1 Å². The lowest BCUT2D eigenvalue weighted by atomic mass is 10.1. The number of halogens is 7. The number of nitrogens with zero attached hydrogens (tertiary/aromatic N) is 2. The highest BCUT2D eigenvalue weighted by molar-refractivity contribution is 7.81. The van der Waals surface area contributed by atoms with Crippen LogP contribution in [0.4, 0.5) is 36.4 Å². The summed E-state index contributed by atoms with van der Waals surface area (Å²) in [5.41, 5.74) is -5.54. The maximum absolute atomic E-state index is 14.0. The molecule has 2 rings (SSSR count). The Morgan fingerprint density at radius 1 is 1.04 bits per heavy atom. The molecule has 1 aromatic carbocycles. The molecule has 1 heterocycles. The van der Waals surface area contributed by atoms with Crippen molar-refractivity contribution in [3.05, 3.63) is 52.0 Å². The number of alkyl halides is 6. The van der Waals surface area contributed by atoms with Crippen LogP contribution in [0.3, 0.4) is 0 Å². The van der Waals surface area contributed by atoms with Gasteiger partial charge in [-0.2, -0.15) is 26.3 Å². The maximum atomic E-state index is 14.0. The summed E-state index contributed by atoms with van der Waals surface area (Å²) in [5, 5.41) is 0. The molecule has 0 radical (unpaired) electrons. The molecular weight excluding hydrogens is 367 g/mol. The second-order valence-electron chi connectivity index (χ2n) is 4.44. The Morgan fingerprint density at radius 3 is 2.12 bits per heavy atom. The van der Waals surface area contributed by atoms with Crippen LogP contribution in [-0.2, 0) is 12.4 Å². The van der Waals surface area contributed by atoms with Crippen molar-refractivity contribution in [2.45, 2.75) is 12.4 Å². The predicted octanol–water partition coefficient (Wildman–Crippen LogP) is 3.67. The minimum absolute atomic E-state index is 0.0966. The van der Waals surface area contributed by atoms with Crippen LogP contribution in [0.25, 0.3) is 5.69 Å². The molecule has 0 aliphatic rings. The van der Waals surface area contributed by atoms with E-state index in [1.165, 1.54) is 0 Å². The van der Waals surface area contributed by atoms with E-state index in [0.29, 0.717) is 17.0 Å². The van der Waals surface area contributed by atoms with Gasteiger partial charge < -0.3 is 4.72 Å². The molecule has 1 N–H and O–H groups in total. The number of benzene rings is 1. The van der Waals surface area contributed by atoms with E-state index in [0.717, 1.165) is 0 Å². The smallest absolute Gasteiger partial charge is 0.330 e. The van der Waals surface area contributed by atoms with Gasteiger partial charge in [0.15, 0.2) is 5.69 Å². The molecule has 0 unspecified atom stereocenters. The molecule has 0 atom stereocenters. The van der Waals surface area contributed by atoms with E-state index >= 15 is 0 Å². The summed E-state index contributed by atoms with van der Waals surface area (Å²) < 4.78 is 91.7. The number of aromatic nitrogens is 2. The first-order valence-electron chi connectivity index (χ1n) is 5.92. The van der Waals surface area contributed by atoms with Gasteiger partial charge in [0.05, 0.1) is 11.3 Å². The van der Waals surface area contributed by atoms with Crippen LogP contribution >= 0.6 is 12.8 Å². The third kappa shape index (κ3) is 3.47. The van der Waals surface area contributed by atoms with Crippen molar-refractivity contribution in [3.8, 4) is 5.69 Å². The number of thiol groups is 1. The van der Waals surface area contributed by atoms with Crippen LogP contribution in [0.1, 0.15) is 11.3 Å². The highest BCUT2D eigenvalue weighted by Crippen LogP contribution is 2.35. The molecule has 24 heavy (non-hydrogen) atoms. The van der Waals surface area contributed by atoms with Crippen molar-refractivity contribution in [1.29, 1.82) is 0 Å². The van der Waals surface area contributed by atoms with Crippen molar-refractivity contribution in [3.63, 3.8) is 0 Å². The molecule has 0 fully saturated rings. The molecule has 2 aromatic rings. The Labute approximate surface area is 134 Å². The number of anilines is 1. The van der Waals surface area contributed by atoms with Crippen LogP contribution in [0.15, 0.2) is 29.3 Å². The van der Waals surface area contributed by atoms with Gasteiger partial charge in [-0.3, -0.25) is 9.36 Å². The highest BCUT2D eigenvalue weighted by Gasteiger charge is 2.34. The van der Waals surface area contributed by atoms with Crippen molar-refractivity contribution in [2.75, 3.05) is 4.72 Å². The van der Waals surface area contributed by atoms with Crippen molar-refractivity contribution >= 4 is 18.5 Å². The molecule has 130 valence electrons. The Bertz CT molecular complexity index is 829. The van der Waals surface area contributed by atoms with E-state index < -0.39 is 46.4 Å². The fourth-order valence-electron chi connectivity index (χ4n) is 1.82. The second-order valence-corrected chi connectivity index (χ2v) is 4.67. The quantitative estimate of drug-likeness (QED) is 0.624. The number of hydrogen-bond donors (Lipinski definition) is 2. The van der Waals surface area contributed by atoms with E-state index in [4.69, 9.17) is 0 Å². The monoisotopic (exact) mass is 373 g/mol. The zero-order valence-electron chi connectivity index (χ0n) is 11.2. The van der Waals surface area contributed by atoms with E-state index in [2.05, 4.69) is 17.8 Å². The first-order valence-corrected chi connectivity index (χ1v) is 6.37. The molecule has 4 nitrogen and oxygen atoms in total. The first-order chi connectivity index (χ1) is 10.9. The molecule has 12 heteroatoms. The lowest BCUT2D eigenvalue weighted by Gasteiger charge is -2.15. The zero-order valence-corrected chi connectivity index (χ0v) is 12.1. The van der Waals surface area contributed by atoms with Crippen LogP contribution in [0.2, 0.25) is 0 Å². The summed E-state index contributed by atoms with van der Waals surface area (Å²) in [4.78, 5) is 14.7. The lowest BCUT2D eigenvalue weighted by molar-refractivity contribution is -0.141. The summed E-state index contributed by atoms with van der Waals surface area (Å²) in [7, 11) is 0. The minimum atomic E-state index is -4.90. The summed E-state index contributed by atoms with van der Waals surface area (Å²) in [6.07, 6.45) is -9.41. The Morgan fingerprint density at radius 2 is 1.67 bits per heavy atom. The standard InChI is InChI=1S/C12H6F7N3OS/c13-6-1-5(11(14,15)16)2-7(21-24)10(6)22-4-20-8(3-9(22)23)12(17,18)19/h1-4,21,24H. The summed E-state index contributed by atoms with van der Waals surface area (Å²) in [6, 6.07) is 0.656. The van der Waals surface area contributed by atoms with E-state index in [1.807, 2.05) is 4.72 Å². The van der Waals surface area contributed by atoms with Crippen molar-refractivity contribution in [2.24, 2.45) is 0 Å². The van der Waals surface area contributed by atoms with E-state index in [9.17, 15) is 35.5 Å². The third-order valence-corrected chi connectivity index (χ3v) is 3.09. The van der Waals surface area contributed by atoms with Gasteiger partial charge in [0.25, 0.3) is 5.56 Å². The molecule has 0 amide bonds. The van der Waals surface area contributed by atoms with Gasteiger partial charge in [-0.25, -0.2) is 9.37 Å². The molecule has 0 saturated carbocycles. The van der Waals surface area contributed by atoms with Gasteiger partial charge in [0.1, 0.15) is 17.8 Å². The molecule has 0 aliphatic carbocycles. The second kappa shape index (κ2) is 6.00. The van der Waals surface area contributed by atoms with E-state index in [-0.39, 0.29) is 12.1 Å². The van der Waals surface area contributed by atoms with Gasteiger partial charge in [0, 0.05) is 6.07 Å².